The summed E-state index contributed by atoms with van der Waals surface area (Å²) in [6.45, 7) is 3.81. The molecule has 190 valence electrons. The van der Waals surface area contributed by atoms with Crippen LogP contribution in [0.2, 0.25) is 0 Å². The van der Waals surface area contributed by atoms with Crippen LogP contribution < -0.4 is 11.1 Å². The van der Waals surface area contributed by atoms with Crippen molar-refractivity contribution in [2.24, 2.45) is 5.73 Å². The molecule has 9 nitrogen and oxygen atoms in total. The maximum Gasteiger partial charge on any atom is 0.243 e. The first-order valence-electron chi connectivity index (χ1n) is 11.8. The third kappa shape index (κ3) is 5.56. The number of carbonyl (C=O) groups is 2. The van der Waals surface area contributed by atoms with Gasteiger partial charge in [0.15, 0.2) is 0 Å². The van der Waals surface area contributed by atoms with Crippen LogP contribution in [0.25, 0.3) is 0 Å². The minimum absolute atomic E-state index is 0.0653. The summed E-state index contributed by atoms with van der Waals surface area (Å²) in [5, 5.41) is 12.8. The largest absolute Gasteiger partial charge is 0.342 e. The molecule has 3 atom stereocenters. The van der Waals surface area contributed by atoms with Crippen molar-refractivity contribution in [1.82, 2.24) is 30.6 Å². The number of halogens is 2. The molecule has 4 rings (SSSR count). The number of aromatic nitrogens is 4. The fraction of sp³-hybridized carbons (Fsp3) is 0.400. The maximum atomic E-state index is 14.8. The molecule has 1 aliphatic rings. The van der Waals surface area contributed by atoms with Crippen molar-refractivity contribution in [3.8, 4) is 0 Å². The van der Waals surface area contributed by atoms with Gasteiger partial charge in [0, 0.05) is 18.5 Å². The highest BCUT2D eigenvalue weighted by Gasteiger charge is 2.40. The Balaban J connectivity index is 1.62. The molecule has 36 heavy (non-hydrogen) atoms. The lowest BCUT2D eigenvalue weighted by molar-refractivity contribution is -0.138. The number of likely N-dealkylation sites (tertiary alicyclic amines) is 1. The Morgan fingerprint density at radius 1 is 1.28 bits per heavy atom. The van der Waals surface area contributed by atoms with E-state index in [-0.39, 0.29) is 37.5 Å². The lowest BCUT2D eigenvalue weighted by Crippen LogP contribution is -2.47. The highest BCUT2D eigenvalue weighted by Crippen LogP contribution is 2.27. The lowest BCUT2D eigenvalue weighted by Gasteiger charge is -2.27. The Morgan fingerprint density at radius 2 is 2.08 bits per heavy atom. The zero-order valence-electron chi connectivity index (χ0n) is 20.1. The Bertz CT molecular complexity index is 1220. The monoisotopic (exact) mass is 497 g/mol. The fourth-order valence-electron chi connectivity index (χ4n) is 4.39. The first-order chi connectivity index (χ1) is 17.3. The number of carbonyl (C=O) groups excluding carboxylic acids is 2. The topological polar surface area (TPSA) is 130 Å². The van der Waals surface area contributed by atoms with E-state index in [4.69, 9.17) is 5.73 Å². The Labute approximate surface area is 207 Å². The normalized spacial score (nSPS) is 18.4. The van der Waals surface area contributed by atoms with Gasteiger partial charge in [-0.15, -0.1) is 0 Å². The van der Waals surface area contributed by atoms with Gasteiger partial charge in [-0.3, -0.25) is 9.59 Å². The number of alkyl halides is 1. The molecule has 2 aromatic heterocycles. The van der Waals surface area contributed by atoms with Gasteiger partial charge >= 0.3 is 0 Å². The summed E-state index contributed by atoms with van der Waals surface area (Å²) in [5.74, 6) is -1.67. The van der Waals surface area contributed by atoms with E-state index in [9.17, 15) is 18.4 Å². The van der Waals surface area contributed by atoms with Gasteiger partial charge in [0.05, 0.1) is 36.6 Å². The summed E-state index contributed by atoms with van der Waals surface area (Å²) in [5.41, 5.74) is 8.40. The van der Waals surface area contributed by atoms with E-state index >= 15 is 0 Å². The van der Waals surface area contributed by atoms with Crippen molar-refractivity contribution >= 4 is 11.8 Å². The number of nitrogens with two attached hydrogens (primary N) is 1. The molecule has 1 fully saturated rings. The molecule has 0 aliphatic carbocycles. The Kier molecular flexibility index (Phi) is 7.68. The Hall–Kier alpha value is -3.73. The number of hydrogen-bond donors (Lipinski definition) is 3. The number of pyridine rings is 1. The Morgan fingerprint density at radius 3 is 2.75 bits per heavy atom. The molecule has 4 N–H and O–H groups in total. The van der Waals surface area contributed by atoms with Gasteiger partial charge in [-0.25, -0.2) is 9.37 Å². The van der Waals surface area contributed by atoms with Crippen molar-refractivity contribution in [3.05, 3.63) is 76.6 Å². The van der Waals surface area contributed by atoms with Gasteiger partial charge in [-0.1, -0.05) is 44.2 Å². The van der Waals surface area contributed by atoms with Crippen molar-refractivity contribution in [1.29, 1.82) is 0 Å². The molecule has 1 aliphatic heterocycles. The van der Waals surface area contributed by atoms with Crippen LogP contribution >= 0.6 is 0 Å². The third-order valence-corrected chi connectivity index (χ3v) is 6.29. The smallest absolute Gasteiger partial charge is 0.243 e. The zero-order chi connectivity index (χ0) is 25.8. The van der Waals surface area contributed by atoms with Gasteiger partial charge in [0.1, 0.15) is 12.2 Å². The van der Waals surface area contributed by atoms with Crippen LogP contribution in [0.3, 0.4) is 0 Å². The predicted molar refractivity (Wildman–Crippen MR) is 128 cm³/mol. The second-order valence-electron chi connectivity index (χ2n) is 9.19. The predicted octanol–water partition coefficient (Wildman–Crippen LogP) is 2.31. The molecular formula is C25H29F2N7O2. The molecule has 2 amide bonds. The average molecular weight is 498 g/mol. The van der Waals surface area contributed by atoms with Crippen LogP contribution in [0.1, 0.15) is 60.3 Å². The minimum Gasteiger partial charge on any atom is -0.342 e. The van der Waals surface area contributed by atoms with E-state index in [1.54, 1.807) is 30.3 Å². The number of amides is 2. The highest BCUT2D eigenvalue weighted by atomic mass is 19.1. The lowest BCUT2D eigenvalue weighted by atomic mass is 9.98. The van der Waals surface area contributed by atoms with Gasteiger partial charge in [0.25, 0.3) is 0 Å². The zero-order valence-corrected chi connectivity index (χ0v) is 20.1. The summed E-state index contributed by atoms with van der Waals surface area (Å²) < 4.78 is 29.2. The van der Waals surface area contributed by atoms with Crippen molar-refractivity contribution in [3.63, 3.8) is 0 Å². The van der Waals surface area contributed by atoms with Crippen molar-refractivity contribution in [2.75, 3.05) is 6.54 Å². The third-order valence-electron chi connectivity index (χ3n) is 6.29. The first kappa shape index (κ1) is 25.4. The van der Waals surface area contributed by atoms with Crippen molar-refractivity contribution in [2.45, 2.75) is 57.4 Å². The van der Waals surface area contributed by atoms with E-state index in [1.165, 1.54) is 11.1 Å². The number of H-pyrrole nitrogens is 1. The number of hydrogen-bond acceptors (Lipinski definition) is 6. The molecule has 0 radical (unpaired) electrons. The molecule has 0 spiro atoms. The molecule has 0 bridgehead atoms. The summed E-state index contributed by atoms with van der Waals surface area (Å²) in [4.78, 5) is 31.6. The van der Waals surface area contributed by atoms with Crippen LogP contribution in [-0.4, -0.2) is 55.9 Å². The van der Waals surface area contributed by atoms with Gasteiger partial charge in [0.2, 0.25) is 17.8 Å². The standard InChI is InChI=1S/C25H29F2N7O2/c1-14(2)19-6-7-20(30-24(19)27)23(16-5-3-4-15(8-16)11-28)31-25(36)21-9-17(26)13-34(21)22(35)10-18-12-29-33-32-18/h3-8,12,14,17,21,23H,9-11,13,28H2,1-2H3,(H,31,36)(H,29,32,33). The average Bonchev–Trinajstić information content (AvgIpc) is 3.51. The van der Waals surface area contributed by atoms with Gasteiger partial charge < -0.3 is 16.0 Å². The molecule has 3 aromatic rings. The maximum absolute atomic E-state index is 14.8. The second kappa shape index (κ2) is 10.9. The van der Waals surface area contributed by atoms with Crippen LogP contribution in [0, 0.1) is 5.95 Å². The van der Waals surface area contributed by atoms with Crippen LogP contribution in [-0.2, 0) is 22.6 Å². The highest BCUT2D eigenvalue weighted by molar-refractivity contribution is 5.89. The van der Waals surface area contributed by atoms with E-state index in [1.807, 2.05) is 19.9 Å². The second-order valence-corrected chi connectivity index (χ2v) is 9.19. The molecule has 1 aromatic carbocycles. The van der Waals surface area contributed by atoms with Gasteiger partial charge in [-0.05, 0) is 23.1 Å². The van der Waals surface area contributed by atoms with Crippen LogP contribution in [0.4, 0.5) is 8.78 Å². The number of nitrogens with one attached hydrogen (secondary N) is 2. The molecular weight excluding hydrogens is 468 g/mol. The van der Waals surface area contributed by atoms with E-state index < -0.39 is 36.0 Å². The summed E-state index contributed by atoms with van der Waals surface area (Å²) in [6, 6.07) is 8.67. The number of rotatable bonds is 8. The van der Waals surface area contributed by atoms with E-state index in [0.29, 0.717) is 16.8 Å². The molecule has 3 heterocycles. The van der Waals surface area contributed by atoms with Crippen LogP contribution in [0.5, 0.6) is 0 Å². The van der Waals surface area contributed by atoms with Gasteiger partial charge in [-0.2, -0.15) is 19.8 Å². The van der Waals surface area contributed by atoms with Crippen molar-refractivity contribution < 1.29 is 18.4 Å². The molecule has 11 heteroatoms. The van der Waals surface area contributed by atoms with E-state index in [0.717, 1.165) is 5.56 Å². The van der Waals surface area contributed by atoms with E-state index in [2.05, 4.69) is 25.7 Å². The summed E-state index contributed by atoms with van der Waals surface area (Å²) >= 11 is 0. The summed E-state index contributed by atoms with van der Waals surface area (Å²) in [6.07, 6.45) is -0.197. The molecule has 3 unspecified atom stereocenters. The summed E-state index contributed by atoms with van der Waals surface area (Å²) in [7, 11) is 0. The number of aromatic amines is 1. The molecule has 1 saturated heterocycles. The fourth-order valence-corrected chi connectivity index (χ4v) is 4.39. The SMILES string of the molecule is CC(C)c1ccc(C(NC(=O)C2CC(F)CN2C(=O)Cc2cn[nH]n2)c2cccc(CN)c2)nc1F. The quantitative estimate of drug-likeness (QED) is 0.410. The number of benzene rings is 1. The first-order valence-corrected chi connectivity index (χ1v) is 11.8. The minimum atomic E-state index is -1.35. The van der Waals surface area contributed by atoms with Crippen LogP contribution in [0.15, 0.2) is 42.6 Å². The molecule has 0 saturated carbocycles. The number of nitrogens with zero attached hydrogens (tertiary/aromatic N) is 4.